The number of carboxylic acids is 1. The third-order valence-corrected chi connectivity index (χ3v) is 6.06. The van der Waals surface area contributed by atoms with E-state index in [2.05, 4.69) is 15.6 Å². The second kappa shape index (κ2) is 13.0. The number of primary amides is 2. The van der Waals surface area contributed by atoms with Gasteiger partial charge in [-0.05, 0) is 24.1 Å². The zero-order chi connectivity index (χ0) is 29.4. The molecule has 1 aromatic heterocycles. The highest BCUT2D eigenvalue weighted by Crippen LogP contribution is 2.15. The molecule has 14 heteroatoms. The smallest absolute Gasteiger partial charge is 0.329 e. The van der Waals surface area contributed by atoms with E-state index in [4.69, 9.17) is 11.5 Å². The van der Waals surface area contributed by atoms with Gasteiger partial charge in [0.1, 0.15) is 18.1 Å². The molecule has 0 aliphatic carbocycles. The van der Waals surface area contributed by atoms with Crippen LogP contribution in [-0.2, 0) is 30.4 Å². The number of carboxylic acid groups (broad SMARTS) is 1. The molecule has 3 aromatic rings. The summed E-state index contributed by atoms with van der Waals surface area (Å²) in [6.45, 7) is 0. The first-order valence-corrected chi connectivity index (χ1v) is 12.2. The predicted octanol–water partition coefficient (Wildman–Crippen LogP) is -1.33. The lowest BCUT2D eigenvalue weighted by Gasteiger charge is -2.24. The van der Waals surface area contributed by atoms with Gasteiger partial charge in [-0.1, -0.05) is 42.5 Å². The van der Waals surface area contributed by atoms with E-state index < -0.39 is 65.4 Å². The maximum absolute atomic E-state index is 13.6. The van der Waals surface area contributed by atoms with Gasteiger partial charge in [-0.15, -0.1) is 0 Å². The average Bonchev–Trinajstić information content (AvgIpc) is 2.90. The van der Waals surface area contributed by atoms with Gasteiger partial charge in [0.15, 0.2) is 0 Å². The summed E-state index contributed by atoms with van der Waals surface area (Å²) in [5.41, 5.74) is 9.50. The number of aromatic amines is 1. The van der Waals surface area contributed by atoms with Crippen LogP contribution < -0.4 is 33.3 Å². The third-order valence-electron chi connectivity index (χ3n) is 6.06. The van der Waals surface area contributed by atoms with Crippen LogP contribution in [0.2, 0.25) is 0 Å². The van der Waals surface area contributed by atoms with E-state index in [1.165, 1.54) is 12.1 Å². The summed E-state index contributed by atoms with van der Waals surface area (Å²) in [6.07, 6.45) is -1.56. The van der Waals surface area contributed by atoms with E-state index in [-0.39, 0.29) is 30.2 Å². The zero-order valence-corrected chi connectivity index (χ0v) is 21.2. The number of para-hydroxylation sites is 1. The zero-order valence-electron chi connectivity index (χ0n) is 21.2. The van der Waals surface area contributed by atoms with Crippen molar-refractivity contribution in [3.05, 3.63) is 81.0 Å². The van der Waals surface area contributed by atoms with Crippen molar-refractivity contribution in [2.75, 3.05) is 0 Å². The molecule has 0 saturated carbocycles. The predicted molar refractivity (Wildman–Crippen MR) is 142 cm³/mol. The molecule has 2 aromatic carbocycles. The molecule has 4 amide bonds. The van der Waals surface area contributed by atoms with Crippen LogP contribution in [0.5, 0.6) is 0 Å². The van der Waals surface area contributed by atoms with Crippen molar-refractivity contribution in [3.63, 3.8) is 0 Å². The highest BCUT2D eigenvalue weighted by Gasteiger charge is 2.32. The summed E-state index contributed by atoms with van der Waals surface area (Å²) in [7, 11) is 0. The highest BCUT2D eigenvalue weighted by molar-refractivity contribution is 5.93. The molecule has 3 atom stereocenters. The van der Waals surface area contributed by atoms with Gasteiger partial charge in [-0.3, -0.25) is 24.0 Å². The number of benzene rings is 2. The number of fused-ring (bicyclic) bond motifs is 1. The number of hydrogen-bond acceptors (Lipinski definition) is 7. The number of hydrogen-bond donors (Lipinski definition) is 6. The molecule has 0 aliphatic heterocycles. The molecule has 0 unspecified atom stereocenters. The summed E-state index contributed by atoms with van der Waals surface area (Å²) >= 11 is 0. The second-order valence-electron chi connectivity index (χ2n) is 8.99. The Labute approximate surface area is 226 Å². The van der Waals surface area contributed by atoms with Crippen LogP contribution in [0.15, 0.2) is 64.2 Å². The molecule has 0 aliphatic rings. The Kier molecular flexibility index (Phi) is 9.52. The van der Waals surface area contributed by atoms with Gasteiger partial charge in [0.05, 0.1) is 17.3 Å². The molecule has 210 valence electrons. The number of nitrogens with two attached hydrogens (primary N) is 2. The van der Waals surface area contributed by atoms with Crippen molar-refractivity contribution in [1.82, 2.24) is 20.2 Å². The van der Waals surface area contributed by atoms with Gasteiger partial charge < -0.3 is 32.2 Å². The van der Waals surface area contributed by atoms with E-state index in [1.807, 2.05) is 0 Å². The number of carbonyl (C=O) groups is 5. The maximum Gasteiger partial charge on any atom is 0.329 e. The first-order valence-electron chi connectivity index (χ1n) is 12.2. The van der Waals surface area contributed by atoms with Gasteiger partial charge in [-0.25, -0.2) is 14.2 Å². The Bertz CT molecular complexity index is 1550. The molecule has 14 nitrogen and oxygen atoms in total. The minimum absolute atomic E-state index is 0.127. The quantitative estimate of drug-likeness (QED) is 0.148. The number of rotatable bonds is 13. The lowest BCUT2D eigenvalue weighted by atomic mass is 10.0. The lowest BCUT2D eigenvalue weighted by molar-refractivity contribution is -0.143. The first kappa shape index (κ1) is 29.3. The number of nitrogens with zero attached hydrogens (tertiary/aromatic N) is 1. The highest BCUT2D eigenvalue weighted by atomic mass is 16.4. The normalized spacial score (nSPS) is 13.1. The minimum atomic E-state index is -1.70. The Morgan fingerprint density at radius 1 is 0.850 bits per heavy atom. The van der Waals surface area contributed by atoms with Gasteiger partial charge in [0, 0.05) is 12.8 Å². The summed E-state index contributed by atoms with van der Waals surface area (Å²) in [5, 5.41) is 14.0. The van der Waals surface area contributed by atoms with Crippen molar-refractivity contribution < 1.29 is 29.1 Å². The second-order valence-corrected chi connectivity index (χ2v) is 8.99. The van der Waals surface area contributed by atoms with Gasteiger partial charge in [0.25, 0.3) is 5.56 Å². The van der Waals surface area contributed by atoms with Crippen LogP contribution in [0.1, 0.15) is 30.9 Å². The van der Waals surface area contributed by atoms with E-state index >= 15 is 0 Å². The maximum atomic E-state index is 13.6. The molecule has 0 saturated heterocycles. The molecule has 3 rings (SSSR count). The number of H-pyrrole nitrogens is 1. The summed E-state index contributed by atoms with van der Waals surface area (Å²) in [5.74, 6) is -5.33. The van der Waals surface area contributed by atoms with Crippen LogP contribution in [0.3, 0.4) is 0 Å². The van der Waals surface area contributed by atoms with Crippen molar-refractivity contribution >= 4 is 40.5 Å². The number of amides is 4. The number of carbonyl (C=O) groups excluding carboxylic acids is 4. The summed E-state index contributed by atoms with van der Waals surface area (Å²) in [4.78, 5) is 89.7. The van der Waals surface area contributed by atoms with Crippen LogP contribution in [0.25, 0.3) is 10.9 Å². The molecule has 0 fully saturated rings. The van der Waals surface area contributed by atoms with E-state index in [0.717, 1.165) is 4.57 Å². The Balaban J connectivity index is 2.01. The average molecular weight is 553 g/mol. The largest absolute Gasteiger partial charge is 0.480 e. The molecular weight excluding hydrogens is 524 g/mol. The van der Waals surface area contributed by atoms with E-state index in [9.17, 15) is 38.7 Å². The van der Waals surface area contributed by atoms with Crippen molar-refractivity contribution in [1.29, 1.82) is 0 Å². The van der Waals surface area contributed by atoms with Crippen molar-refractivity contribution in [2.24, 2.45) is 11.5 Å². The fourth-order valence-corrected chi connectivity index (χ4v) is 4.09. The molecular formula is C26H28N6O8. The van der Waals surface area contributed by atoms with Crippen LogP contribution in [-0.4, -0.2) is 56.3 Å². The molecule has 40 heavy (non-hydrogen) atoms. The summed E-state index contributed by atoms with van der Waals surface area (Å²) in [6, 6.07) is 10.1. The Morgan fingerprint density at radius 3 is 2.10 bits per heavy atom. The number of nitrogens with one attached hydrogen (secondary N) is 3. The fraction of sp³-hybridized carbons (Fsp3) is 0.269. The molecule has 0 bridgehead atoms. The van der Waals surface area contributed by atoms with Crippen molar-refractivity contribution in [3.8, 4) is 0 Å². The Hall–Kier alpha value is -5.27. The van der Waals surface area contributed by atoms with Crippen LogP contribution >= 0.6 is 0 Å². The molecule has 0 radical (unpaired) electrons. The minimum Gasteiger partial charge on any atom is -0.480 e. The van der Waals surface area contributed by atoms with Crippen molar-refractivity contribution in [2.45, 2.75) is 43.8 Å². The fourth-order valence-electron chi connectivity index (χ4n) is 4.09. The van der Waals surface area contributed by atoms with Gasteiger partial charge in [-0.2, -0.15) is 0 Å². The Morgan fingerprint density at radius 2 is 1.48 bits per heavy atom. The van der Waals surface area contributed by atoms with Crippen LogP contribution in [0.4, 0.5) is 0 Å². The SMILES string of the molecule is NC(=O)CC[C@H](NC(=O)[C@H](Cc1ccccc1)n1c(=O)[nH]c2ccccc2c1=O)C(=O)N[C@@H](CC(N)=O)C(=O)O. The van der Waals surface area contributed by atoms with Gasteiger partial charge in [0.2, 0.25) is 23.6 Å². The topological polar surface area (TPSA) is 237 Å². The molecule has 8 N–H and O–H groups in total. The van der Waals surface area contributed by atoms with Gasteiger partial charge >= 0.3 is 11.7 Å². The lowest BCUT2D eigenvalue weighted by Crippen LogP contribution is -2.55. The van der Waals surface area contributed by atoms with E-state index in [0.29, 0.717) is 5.56 Å². The monoisotopic (exact) mass is 552 g/mol. The van der Waals surface area contributed by atoms with Crippen LogP contribution in [0, 0.1) is 0 Å². The standard InChI is InChI=1S/C26H28N6O8/c27-20(33)11-10-17(22(35)30-18(25(38)39)13-21(28)34)29-23(36)19(12-14-6-2-1-3-7-14)32-24(37)15-8-4-5-9-16(15)31-26(32)40/h1-9,17-19H,10-13H2,(H2,27,33)(H2,28,34)(H,29,36)(H,30,35)(H,31,40)(H,38,39)/t17-,18-,19-/m0/s1. The summed E-state index contributed by atoms with van der Waals surface area (Å²) < 4.78 is 0.737. The number of aromatic nitrogens is 2. The molecule has 0 spiro atoms. The first-order chi connectivity index (χ1) is 19.0. The molecule has 1 heterocycles. The van der Waals surface area contributed by atoms with E-state index in [1.54, 1.807) is 42.5 Å². The number of aliphatic carboxylic acids is 1. The third kappa shape index (κ3) is 7.40.